The number of rotatable bonds is 6. The molecule has 2 N–H and O–H groups in total. The maximum absolute atomic E-state index is 11.2. The molecule has 1 heterocycles. The molecule has 0 saturated carbocycles. The van der Waals surface area contributed by atoms with Gasteiger partial charge in [-0.15, -0.1) is 0 Å². The number of aryl methyl sites for hydroxylation is 1. The molecule has 2 unspecified atom stereocenters. The van der Waals surface area contributed by atoms with Crippen molar-refractivity contribution in [3.05, 3.63) is 18.2 Å². The van der Waals surface area contributed by atoms with Gasteiger partial charge in [0.05, 0.1) is 6.33 Å². The Morgan fingerprint density at radius 3 is 3.00 bits per heavy atom. The van der Waals surface area contributed by atoms with Crippen molar-refractivity contribution in [2.24, 2.45) is 5.73 Å². The molecular weight excluding hydrogens is 210 g/mol. The SMILES string of the molecule is CC(CCn1cncc1CCN)S(C)=O. The van der Waals surface area contributed by atoms with Gasteiger partial charge < -0.3 is 10.3 Å². The van der Waals surface area contributed by atoms with Gasteiger partial charge in [0.2, 0.25) is 0 Å². The van der Waals surface area contributed by atoms with Crippen LogP contribution >= 0.6 is 0 Å². The van der Waals surface area contributed by atoms with Crippen molar-refractivity contribution in [2.75, 3.05) is 12.8 Å². The first kappa shape index (κ1) is 12.4. The second-order valence-corrected chi connectivity index (χ2v) is 5.52. The van der Waals surface area contributed by atoms with Gasteiger partial charge in [0, 0.05) is 47.2 Å². The number of hydrogen-bond acceptors (Lipinski definition) is 3. The van der Waals surface area contributed by atoms with E-state index < -0.39 is 10.8 Å². The van der Waals surface area contributed by atoms with E-state index in [1.165, 1.54) is 0 Å². The maximum atomic E-state index is 11.2. The van der Waals surface area contributed by atoms with Crippen LogP contribution in [0, 0.1) is 0 Å². The molecule has 1 rings (SSSR count). The first-order valence-corrected chi connectivity index (χ1v) is 6.78. The summed E-state index contributed by atoms with van der Waals surface area (Å²) >= 11 is 0. The van der Waals surface area contributed by atoms with Gasteiger partial charge in [-0.05, 0) is 13.0 Å². The zero-order valence-corrected chi connectivity index (χ0v) is 10.2. The summed E-state index contributed by atoms with van der Waals surface area (Å²) in [4.78, 5) is 4.10. The topological polar surface area (TPSA) is 60.9 Å². The van der Waals surface area contributed by atoms with Crippen molar-refractivity contribution < 1.29 is 4.21 Å². The summed E-state index contributed by atoms with van der Waals surface area (Å²) in [5, 5.41) is 0.234. The molecular formula is C10H19N3OS. The second kappa shape index (κ2) is 6.02. The van der Waals surface area contributed by atoms with Crippen LogP contribution in [0.4, 0.5) is 0 Å². The van der Waals surface area contributed by atoms with Crippen molar-refractivity contribution >= 4 is 10.8 Å². The molecule has 0 aliphatic rings. The van der Waals surface area contributed by atoms with Crippen molar-refractivity contribution in [1.29, 1.82) is 0 Å². The average molecular weight is 229 g/mol. The van der Waals surface area contributed by atoms with Crippen molar-refractivity contribution in [1.82, 2.24) is 9.55 Å². The van der Waals surface area contributed by atoms with Gasteiger partial charge in [-0.1, -0.05) is 6.92 Å². The summed E-state index contributed by atoms with van der Waals surface area (Å²) in [5.41, 5.74) is 6.66. The minimum absolute atomic E-state index is 0.234. The van der Waals surface area contributed by atoms with E-state index in [4.69, 9.17) is 5.73 Å². The highest BCUT2D eigenvalue weighted by molar-refractivity contribution is 7.84. The lowest BCUT2D eigenvalue weighted by molar-refractivity contribution is 0.601. The van der Waals surface area contributed by atoms with Crippen LogP contribution in [-0.2, 0) is 23.8 Å². The number of nitrogens with two attached hydrogens (primary N) is 1. The Kier molecular flexibility index (Phi) is 4.98. The van der Waals surface area contributed by atoms with Gasteiger partial charge >= 0.3 is 0 Å². The fourth-order valence-electron chi connectivity index (χ4n) is 1.39. The van der Waals surface area contributed by atoms with E-state index in [1.807, 2.05) is 19.4 Å². The first-order chi connectivity index (χ1) is 7.15. The molecule has 86 valence electrons. The van der Waals surface area contributed by atoms with Crippen molar-refractivity contribution in [3.63, 3.8) is 0 Å². The summed E-state index contributed by atoms with van der Waals surface area (Å²) in [6.07, 6.45) is 7.18. The lowest BCUT2D eigenvalue weighted by atomic mass is 10.3. The number of hydrogen-bond donors (Lipinski definition) is 1. The van der Waals surface area contributed by atoms with Gasteiger partial charge in [0.15, 0.2) is 0 Å². The van der Waals surface area contributed by atoms with Crippen LogP contribution in [0.5, 0.6) is 0 Å². The van der Waals surface area contributed by atoms with Gasteiger partial charge in [-0.25, -0.2) is 4.98 Å². The molecule has 0 bridgehead atoms. The summed E-state index contributed by atoms with van der Waals surface area (Å²) in [6.45, 7) is 3.52. The van der Waals surface area contributed by atoms with E-state index in [0.717, 1.165) is 25.1 Å². The third kappa shape index (κ3) is 3.76. The van der Waals surface area contributed by atoms with Crippen LogP contribution < -0.4 is 5.73 Å². The predicted molar refractivity (Wildman–Crippen MR) is 63.1 cm³/mol. The first-order valence-electron chi connectivity index (χ1n) is 5.16. The summed E-state index contributed by atoms with van der Waals surface area (Å²) in [7, 11) is -0.741. The lowest BCUT2D eigenvalue weighted by Gasteiger charge is -2.10. The molecule has 5 heteroatoms. The average Bonchev–Trinajstić information content (AvgIpc) is 2.62. The van der Waals surface area contributed by atoms with Crippen LogP contribution in [0.25, 0.3) is 0 Å². The maximum Gasteiger partial charge on any atom is 0.0948 e. The molecule has 4 nitrogen and oxygen atoms in total. The highest BCUT2D eigenvalue weighted by Gasteiger charge is 2.07. The third-order valence-electron chi connectivity index (χ3n) is 2.54. The summed E-state index contributed by atoms with van der Waals surface area (Å²) in [5.74, 6) is 0. The van der Waals surface area contributed by atoms with Crippen LogP contribution in [0.15, 0.2) is 12.5 Å². The standard InChI is InChI=1S/C10H19N3OS/c1-9(15(2)14)4-6-13-8-12-7-10(13)3-5-11/h7-9H,3-6,11H2,1-2H3. The normalized spacial score (nSPS) is 15.1. The van der Waals surface area contributed by atoms with E-state index in [2.05, 4.69) is 9.55 Å². The Balaban J connectivity index is 2.49. The van der Waals surface area contributed by atoms with Gasteiger partial charge in [0.1, 0.15) is 0 Å². The minimum Gasteiger partial charge on any atom is -0.335 e. The van der Waals surface area contributed by atoms with Crippen molar-refractivity contribution in [3.8, 4) is 0 Å². The Bertz CT molecular complexity index is 324. The largest absolute Gasteiger partial charge is 0.335 e. The Hall–Kier alpha value is -0.680. The van der Waals surface area contributed by atoms with Gasteiger partial charge in [-0.2, -0.15) is 0 Å². The quantitative estimate of drug-likeness (QED) is 0.774. The zero-order chi connectivity index (χ0) is 11.3. The Morgan fingerprint density at radius 1 is 1.67 bits per heavy atom. The molecule has 1 aromatic heterocycles. The molecule has 0 amide bonds. The molecule has 0 radical (unpaired) electrons. The highest BCUT2D eigenvalue weighted by atomic mass is 32.2. The molecule has 0 aliphatic carbocycles. The number of aromatic nitrogens is 2. The fourth-order valence-corrected chi connectivity index (χ4v) is 1.83. The molecule has 0 spiro atoms. The van der Waals surface area contributed by atoms with E-state index in [9.17, 15) is 4.21 Å². The molecule has 0 saturated heterocycles. The fraction of sp³-hybridized carbons (Fsp3) is 0.700. The molecule has 15 heavy (non-hydrogen) atoms. The zero-order valence-electron chi connectivity index (χ0n) is 9.35. The third-order valence-corrected chi connectivity index (χ3v) is 3.91. The highest BCUT2D eigenvalue weighted by Crippen LogP contribution is 2.05. The molecule has 0 aromatic carbocycles. The van der Waals surface area contributed by atoms with Crippen LogP contribution in [-0.4, -0.2) is 31.8 Å². The number of imidazole rings is 1. The van der Waals surface area contributed by atoms with Crippen molar-refractivity contribution in [2.45, 2.75) is 31.6 Å². The van der Waals surface area contributed by atoms with Crippen LogP contribution in [0.3, 0.4) is 0 Å². The summed E-state index contributed by atoms with van der Waals surface area (Å²) in [6, 6.07) is 0. The molecule has 1 aromatic rings. The second-order valence-electron chi connectivity index (χ2n) is 3.71. The predicted octanol–water partition coefficient (Wildman–Crippen LogP) is 0.541. The van der Waals surface area contributed by atoms with E-state index in [0.29, 0.717) is 6.54 Å². The molecule has 0 aliphatic heterocycles. The monoisotopic (exact) mass is 229 g/mol. The van der Waals surface area contributed by atoms with E-state index >= 15 is 0 Å². The minimum atomic E-state index is -0.741. The smallest absolute Gasteiger partial charge is 0.0948 e. The van der Waals surface area contributed by atoms with Gasteiger partial charge in [0.25, 0.3) is 0 Å². The molecule has 2 atom stereocenters. The number of nitrogens with zero attached hydrogens (tertiary/aromatic N) is 2. The lowest BCUT2D eigenvalue weighted by Crippen LogP contribution is -2.14. The summed E-state index contributed by atoms with van der Waals surface area (Å²) < 4.78 is 13.3. The molecule has 0 fully saturated rings. The Morgan fingerprint density at radius 2 is 2.40 bits per heavy atom. The van der Waals surface area contributed by atoms with Gasteiger partial charge in [-0.3, -0.25) is 4.21 Å². The van der Waals surface area contributed by atoms with E-state index in [-0.39, 0.29) is 5.25 Å². The van der Waals surface area contributed by atoms with E-state index in [1.54, 1.807) is 6.26 Å². The Labute approximate surface area is 93.3 Å². The van der Waals surface area contributed by atoms with Crippen LogP contribution in [0.1, 0.15) is 19.0 Å². The van der Waals surface area contributed by atoms with Crippen LogP contribution in [0.2, 0.25) is 0 Å².